The summed E-state index contributed by atoms with van der Waals surface area (Å²) in [4.78, 5) is 0. The highest BCUT2D eigenvalue weighted by Gasteiger charge is 2.22. The average molecular weight is 702 g/mol. The van der Waals surface area contributed by atoms with E-state index in [0.717, 1.165) is 55.5 Å². The summed E-state index contributed by atoms with van der Waals surface area (Å²) in [6.07, 6.45) is 0. The second-order valence-electron chi connectivity index (χ2n) is 14.4. The van der Waals surface area contributed by atoms with Crippen LogP contribution in [-0.2, 0) is 0 Å². The fourth-order valence-electron chi connectivity index (χ4n) is 9.02. The van der Waals surface area contributed by atoms with E-state index in [1.54, 1.807) is 0 Å². The molecule has 0 spiro atoms. The first-order chi connectivity index (χ1) is 27.3. The van der Waals surface area contributed by atoms with Gasteiger partial charge >= 0.3 is 0 Å². The lowest BCUT2D eigenvalue weighted by Gasteiger charge is -2.18. The molecule has 3 heteroatoms. The molecule has 3 heterocycles. The van der Waals surface area contributed by atoms with Gasteiger partial charge in [-0.15, -0.1) is 0 Å². The third-order valence-electron chi connectivity index (χ3n) is 11.4. The molecule has 0 aliphatic carbocycles. The lowest BCUT2D eigenvalue weighted by Crippen LogP contribution is -1.93. The van der Waals surface area contributed by atoms with Crippen LogP contribution in [0.2, 0.25) is 0 Å². The van der Waals surface area contributed by atoms with E-state index in [2.05, 4.69) is 168 Å². The van der Waals surface area contributed by atoms with Gasteiger partial charge in [0.2, 0.25) is 0 Å². The van der Waals surface area contributed by atoms with Crippen molar-refractivity contribution in [2.45, 2.75) is 0 Å². The summed E-state index contributed by atoms with van der Waals surface area (Å²) in [7, 11) is 0. The summed E-state index contributed by atoms with van der Waals surface area (Å²) < 4.78 is 15.2. The van der Waals surface area contributed by atoms with Crippen molar-refractivity contribution in [3.8, 4) is 39.3 Å². The van der Waals surface area contributed by atoms with E-state index in [1.807, 2.05) is 24.3 Å². The number of hydrogen-bond acceptors (Lipinski definition) is 2. The van der Waals surface area contributed by atoms with Gasteiger partial charge in [-0.1, -0.05) is 133 Å². The van der Waals surface area contributed by atoms with Crippen molar-refractivity contribution in [3.63, 3.8) is 0 Å². The molecule has 0 radical (unpaired) electrons. The van der Waals surface area contributed by atoms with Gasteiger partial charge in [-0.25, -0.2) is 0 Å². The smallest absolute Gasteiger partial charge is 0.139 e. The van der Waals surface area contributed by atoms with Gasteiger partial charge in [0.25, 0.3) is 0 Å². The fraction of sp³-hybridized carbons (Fsp3) is 0. The molecule has 0 saturated heterocycles. The van der Waals surface area contributed by atoms with Crippen LogP contribution in [0.25, 0.3) is 116 Å². The third-order valence-corrected chi connectivity index (χ3v) is 11.4. The average Bonchev–Trinajstić information content (AvgIpc) is 3.93. The molecule has 3 nitrogen and oxygen atoms in total. The molecule has 0 saturated carbocycles. The second-order valence-corrected chi connectivity index (χ2v) is 14.4. The maximum absolute atomic E-state index is 6.47. The van der Waals surface area contributed by atoms with E-state index in [0.29, 0.717) is 0 Å². The molecule has 0 N–H and O–H groups in total. The molecule has 9 aromatic carbocycles. The predicted molar refractivity (Wildman–Crippen MR) is 229 cm³/mol. The molecule has 0 unspecified atom stereocenters. The number of aromatic nitrogens is 1. The standard InChI is InChI=1S/C52H31NO2/c1-3-14-32(15-4-1)47-30-34-29-43-42-28-33(26-27-46(42)54-49(43)31-48(34)55-47)50-36-18-7-9-20-38(36)51(39-21-10-8-19-37(39)50)41-23-13-25-45-52(41)40-22-11-12-24-44(40)53(45)35-16-5-2-6-17-35/h1-31H. The van der Waals surface area contributed by atoms with E-state index in [1.165, 1.54) is 60.0 Å². The van der Waals surface area contributed by atoms with Crippen LogP contribution in [0.5, 0.6) is 0 Å². The topological polar surface area (TPSA) is 31.2 Å². The summed E-state index contributed by atoms with van der Waals surface area (Å²) >= 11 is 0. The molecule has 3 aromatic heterocycles. The summed E-state index contributed by atoms with van der Waals surface area (Å²) in [6, 6.07) is 67.4. The fourth-order valence-corrected chi connectivity index (χ4v) is 9.02. The molecule has 0 fully saturated rings. The third kappa shape index (κ3) is 4.44. The number of fused-ring (bicyclic) bond motifs is 9. The van der Waals surface area contributed by atoms with Crippen LogP contribution >= 0.6 is 0 Å². The van der Waals surface area contributed by atoms with Gasteiger partial charge < -0.3 is 13.4 Å². The van der Waals surface area contributed by atoms with E-state index < -0.39 is 0 Å². The van der Waals surface area contributed by atoms with Gasteiger partial charge in [0.1, 0.15) is 22.5 Å². The zero-order chi connectivity index (χ0) is 36.0. The molecule has 0 aliphatic rings. The van der Waals surface area contributed by atoms with Crippen LogP contribution in [0, 0.1) is 0 Å². The number of para-hydroxylation sites is 2. The molecular weight excluding hydrogens is 671 g/mol. The monoisotopic (exact) mass is 701 g/mol. The summed E-state index contributed by atoms with van der Waals surface area (Å²) in [5.41, 5.74) is 12.0. The van der Waals surface area contributed by atoms with Crippen molar-refractivity contribution in [1.82, 2.24) is 4.57 Å². The first kappa shape index (κ1) is 30.1. The minimum atomic E-state index is 0.820. The van der Waals surface area contributed by atoms with Crippen molar-refractivity contribution in [2.24, 2.45) is 0 Å². The van der Waals surface area contributed by atoms with E-state index in [4.69, 9.17) is 8.83 Å². The zero-order valence-electron chi connectivity index (χ0n) is 29.7. The molecule has 12 rings (SSSR count). The minimum absolute atomic E-state index is 0.820. The molecule has 12 aromatic rings. The van der Waals surface area contributed by atoms with Crippen molar-refractivity contribution < 1.29 is 8.83 Å². The quantitative estimate of drug-likeness (QED) is 0.171. The van der Waals surface area contributed by atoms with Gasteiger partial charge in [-0.3, -0.25) is 0 Å². The zero-order valence-corrected chi connectivity index (χ0v) is 29.7. The SMILES string of the molecule is c1ccc(-c2cc3cc4c(cc3o2)oc2ccc(-c3c5ccccc5c(-c5cccc6c5c5ccccc5n6-c5ccccc5)c5ccccc35)cc24)cc1. The van der Waals surface area contributed by atoms with Crippen molar-refractivity contribution in [2.75, 3.05) is 0 Å². The maximum Gasteiger partial charge on any atom is 0.139 e. The summed E-state index contributed by atoms with van der Waals surface area (Å²) in [5.74, 6) is 0.853. The predicted octanol–water partition coefficient (Wildman–Crippen LogP) is 14.7. The van der Waals surface area contributed by atoms with Crippen molar-refractivity contribution in [1.29, 1.82) is 0 Å². The van der Waals surface area contributed by atoms with Gasteiger partial charge in [0.05, 0.1) is 11.0 Å². The molecule has 0 aliphatic heterocycles. The Labute approximate surface area is 315 Å². The Morgan fingerprint density at radius 1 is 0.345 bits per heavy atom. The first-order valence-corrected chi connectivity index (χ1v) is 18.8. The van der Waals surface area contributed by atoms with Crippen LogP contribution in [0.15, 0.2) is 197 Å². The van der Waals surface area contributed by atoms with Crippen LogP contribution in [-0.4, -0.2) is 4.57 Å². The Bertz CT molecular complexity index is 3420. The Hall–Kier alpha value is -7.36. The maximum atomic E-state index is 6.47. The summed E-state index contributed by atoms with van der Waals surface area (Å²) in [6.45, 7) is 0. The van der Waals surface area contributed by atoms with E-state index in [9.17, 15) is 0 Å². The Kier molecular flexibility index (Phi) is 6.34. The first-order valence-electron chi connectivity index (χ1n) is 18.8. The summed E-state index contributed by atoms with van der Waals surface area (Å²) in [5, 5.41) is 10.6. The van der Waals surface area contributed by atoms with Gasteiger partial charge in [-0.05, 0) is 92.3 Å². The van der Waals surface area contributed by atoms with Crippen molar-refractivity contribution in [3.05, 3.63) is 188 Å². The largest absolute Gasteiger partial charge is 0.456 e. The second kappa shape index (κ2) is 11.6. The molecule has 0 atom stereocenters. The van der Waals surface area contributed by atoms with Crippen molar-refractivity contribution >= 4 is 76.3 Å². The Morgan fingerprint density at radius 2 is 0.964 bits per heavy atom. The molecule has 256 valence electrons. The highest BCUT2D eigenvalue weighted by atomic mass is 16.3. The number of hydrogen-bond donors (Lipinski definition) is 0. The lowest BCUT2D eigenvalue weighted by molar-refractivity contribution is 0.628. The number of rotatable bonds is 4. The van der Waals surface area contributed by atoms with Crippen LogP contribution in [0.3, 0.4) is 0 Å². The minimum Gasteiger partial charge on any atom is -0.456 e. The normalized spacial score (nSPS) is 12.0. The number of furan rings is 2. The Balaban J connectivity index is 1.11. The molecule has 55 heavy (non-hydrogen) atoms. The van der Waals surface area contributed by atoms with Gasteiger partial charge in [-0.2, -0.15) is 0 Å². The number of benzene rings is 9. The molecule has 0 amide bonds. The highest BCUT2D eigenvalue weighted by molar-refractivity contribution is 6.27. The lowest BCUT2D eigenvalue weighted by atomic mass is 9.84. The van der Waals surface area contributed by atoms with E-state index >= 15 is 0 Å². The van der Waals surface area contributed by atoms with E-state index in [-0.39, 0.29) is 0 Å². The Morgan fingerprint density at radius 3 is 1.71 bits per heavy atom. The molecule has 0 bridgehead atoms. The van der Waals surface area contributed by atoms with Gasteiger partial charge in [0.15, 0.2) is 0 Å². The van der Waals surface area contributed by atoms with Crippen LogP contribution < -0.4 is 0 Å². The van der Waals surface area contributed by atoms with Crippen LogP contribution in [0.4, 0.5) is 0 Å². The van der Waals surface area contributed by atoms with Gasteiger partial charge in [0, 0.05) is 44.2 Å². The highest BCUT2D eigenvalue weighted by Crippen LogP contribution is 2.48. The number of nitrogens with zero attached hydrogens (tertiary/aromatic N) is 1. The molecular formula is C52H31NO2. The van der Waals surface area contributed by atoms with Crippen LogP contribution in [0.1, 0.15) is 0 Å².